The molecule has 0 spiro atoms. The van der Waals surface area contributed by atoms with Crippen LogP contribution in [-0.4, -0.2) is 19.2 Å². The van der Waals surface area contributed by atoms with Gasteiger partial charge in [-0.1, -0.05) is 13.0 Å². The molecule has 2 atom stereocenters. The van der Waals surface area contributed by atoms with E-state index in [1.807, 2.05) is 0 Å². The van der Waals surface area contributed by atoms with Gasteiger partial charge in [0.1, 0.15) is 11.6 Å². The van der Waals surface area contributed by atoms with Crippen LogP contribution < -0.4 is 4.74 Å². The molecule has 1 saturated carbocycles. The Labute approximate surface area is 112 Å². The minimum Gasteiger partial charge on any atom is -0.493 e. The van der Waals surface area contributed by atoms with E-state index in [0.717, 1.165) is 6.42 Å². The summed E-state index contributed by atoms with van der Waals surface area (Å²) in [7, 11) is 0. The van der Waals surface area contributed by atoms with E-state index in [2.05, 4.69) is 6.92 Å². The lowest BCUT2D eigenvalue weighted by atomic mass is 10.3. The van der Waals surface area contributed by atoms with Gasteiger partial charge in [-0.25, -0.2) is 4.39 Å². The zero-order valence-electron chi connectivity index (χ0n) is 11.1. The standard InChI is InChI=1S/C15H19FO3/c1-11-8-12(11)10-19-15(17)6-3-7-18-14-5-2-4-13(16)9-14/h2,4-5,9,11-12H,3,6-8,10H2,1H3. The summed E-state index contributed by atoms with van der Waals surface area (Å²) in [6.45, 7) is 3.09. The largest absolute Gasteiger partial charge is 0.493 e. The number of carbonyl (C=O) groups is 1. The van der Waals surface area contributed by atoms with Crippen molar-refractivity contribution >= 4 is 5.97 Å². The average Bonchev–Trinajstić information content (AvgIpc) is 3.08. The summed E-state index contributed by atoms with van der Waals surface area (Å²) >= 11 is 0. The molecule has 19 heavy (non-hydrogen) atoms. The molecule has 0 aromatic heterocycles. The Morgan fingerprint density at radius 1 is 1.47 bits per heavy atom. The summed E-state index contributed by atoms with van der Waals surface area (Å²) in [5.41, 5.74) is 0. The van der Waals surface area contributed by atoms with Gasteiger partial charge in [-0.05, 0) is 36.8 Å². The van der Waals surface area contributed by atoms with Crippen molar-refractivity contribution in [2.75, 3.05) is 13.2 Å². The molecule has 1 fully saturated rings. The average molecular weight is 266 g/mol. The van der Waals surface area contributed by atoms with Crippen molar-refractivity contribution in [1.82, 2.24) is 0 Å². The van der Waals surface area contributed by atoms with Crippen LogP contribution >= 0.6 is 0 Å². The summed E-state index contributed by atoms with van der Waals surface area (Å²) in [5, 5.41) is 0. The topological polar surface area (TPSA) is 35.5 Å². The van der Waals surface area contributed by atoms with Crippen molar-refractivity contribution in [1.29, 1.82) is 0 Å². The Kier molecular flexibility index (Phi) is 4.77. The Morgan fingerprint density at radius 3 is 2.95 bits per heavy atom. The van der Waals surface area contributed by atoms with Gasteiger partial charge in [0.2, 0.25) is 0 Å². The SMILES string of the molecule is CC1CC1COC(=O)CCCOc1cccc(F)c1. The summed E-state index contributed by atoms with van der Waals surface area (Å²) < 4.78 is 23.4. The smallest absolute Gasteiger partial charge is 0.305 e. The Morgan fingerprint density at radius 2 is 2.26 bits per heavy atom. The van der Waals surface area contributed by atoms with Gasteiger partial charge in [0.25, 0.3) is 0 Å². The Bertz CT molecular complexity index is 433. The third kappa shape index (κ3) is 4.89. The lowest BCUT2D eigenvalue weighted by molar-refractivity contribution is -0.144. The fourth-order valence-electron chi connectivity index (χ4n) is 1.87. The van der Waals surface area contributed by atoms with Gasteiger partial charge in [-0.3, -0.25) is 4.79 Å². The summed E-state index contributed by atoms with van der Waals surface area (Å²) in [5.74, 6) is 1.24. The van der Waals surface area contributed by atoms with Crippen LogP contribution in [0, 0.1) is 17.7 Å². The summed E-state index contributed by atoms with van der Waals surface area (Å²) in [6, 6.07) is 5.97. The van der Waals surface area contributed by atoms with Crippen LogP contribution in [0.25, 0.3) is 0 Å². The number of hydrogen-bond donors (Lipinski definition) is 0. The van der Waals surface area contributed by atoms with Crippen LogP contribution in [0.1, 0.15) is 26.2 Å². The monoisotopic (exact) mass is 266 g/mol. The number of benzene rings is 1. The van der Waals surface area contributed by atoms with Crippen molar-refractivity contribution in [2.45, 2.75) is 26.2 Å². The van der Waals surface area contributed by atoms with Crippen molar-refractivity contribution in [2.24, 2.45) is 11.8 Å². The number of halogens is 1. The molecule has 0 aliphatic heterocycles. The third-order valence-electron chi connectivity index (χ3n) is 3.32. The predicted octanol–water partition coefficient (Wildman–Crippen LogP) is 3.18. The van der Waals surface area contributed by atoms with Crippen LogP contribution in [0.2, 0.25) is 0 Å². The van der Waals surface area contributed by atoms with E-state index in [4.69, 9.17) is 9.47 Å². The number of hydrogen-bond acceptors (Lipinski definition) is 3. The molecule has 1 aliphatic rings. The first-order chi connectivity index (χ1) is 9.15. The second-order valence-corrected chi connectivity index (χ2v) is 5.07. The van der Waals surface area contributed by atoms with E-state index in [-0.39, 0.29) is 11.8 Å². The molecule has 4 heteroatoms. The zero-order chi connectivity index (χ0) is 13.7. The fourth-order valence-corrected chi connectivity index (χ4v) is 1.87. The molecule has 0 radical (unpaired) electrons. The van der Waals surface area contributed by atoms with Crippen molar-refractivity contribution in [3.05, 3.63) is 30.1 Å². The Balaban J connectivity index is 1.55. The molecule has 1 aromatic rings. The maximum atomic E-state index is 12.9. The van der Waals surface area contributed by atoms with E-state index >= 15 is 0 Å². The maximum Gasteiger partial charge on any atom is 0.305 e. The minimum atomic E-state index is -0.324. The van der Waals surface area contributed by atoms with Crippen LogP contribution in [0.3, 0.4) is 0 Å². The van der Waals surface area contributed by atoms with E-state index in [0.29, 0.717) is 43.6 Å². The van der Waals surface area contributed by atoms with Gasteiger partial charge in [-0.2, -0.15) is 0 Å². The predicted molar refractivity (Wildman–Crippen MR) is 69.4 cm³/mol. The highest BCUT2D eigenvalue weighted by Gasteiger charge is 2.33. The van der Waals surface area contributed by atoms with E-state index < -0.39 is 0 Å². The van der Waals surface area contributed by atoms with E-state index in [1.165, 1.54) is 12.1 Å². The molecule has 0 heterocycles. The molecular weight excluding hydrogens is 247 g/mol. The normalized spacial score (nSPS) is 20.9. The maximum absolute atomic E-state index is 12.9. The summed E-state index contributed by atoms with van der Waals surface area (Å²) in [6.07, 6.45) is 2.09. The molecule has 2 rings (SSSR count). The molecule has 2 unspecified atom stereocenters. The van der Waals surface area contributed by atoms with Crippen molar-refractivity contribution in [3.8, 4) is 5.75 Å². The Hall–Kier alpha value is -1.58. The highest BCUT2D eigenvalue weighted by atomic mass is 19.1. The van der Waals surface area contributed by atoms with Crippen molar-refractivity contribution in [3.63, 3.8) is 0 Å². The molecule has 3 nitrogen and oxygen atoms in total. The zero-order valence-corrected chi connectivity index (χ0v) is 11.1. The molecule has 0 N–H and O–H groups in total. The van der Waals surface area contributed by atoms with Crippen molar-refractivity contribution < 1.29 is 18.7 Å². The summed E-state index contributed by atoms with van der Waals surface area (Å²) in [4.78, 5) is 11.4. The molecule has 0 bridgehead atoms. The second-order valence-electron chi connectivity index (χ2n) is 5.07. The quantitative estimate of drug-likeness (QED) is 0.561. The lowest BCUT2D eigenvalue weighted by Crippen LogP contribution is -2.09. The van der Waals surface area contributed by atoms with Crippen LogP contribution in [0.4, 0.5) is 4.39 Å². The lowest BCUT2D eigenvalue weighted by Gasteiger charge is -2.06. The first-order valence-corrected chi connectivity index (χ1v) is 6.69. The van der Waals surface area contributed by atoms with Crippen LogP contribution in [0.5, 0.6) is 5.75 Å². The third-order valence-corrected chi connectivity index (χ3v) is 3.32. The van der Waals surface area contributed by atoms with Gasteiger partial charge >= 0.3 is 5.97 Å². The number of esters is 1. The van der Waals surface area contributed by atoms with E-state index in [1.54, 1.807) is 12.1 Å². The fraction of sp³-hybridized carbons (Fsp3) is 0.533. The minimum absolute atomic E-state index is 0.179. The number of rotatable bonds is 7. The van der Waals surface area contributed by atoms with Gasteiger partial charge in [0.15, 0.2) is 0 Å². The van der Waals surface area contributed by atoms with Gasteiger partial charge in [-0.15, -0.1) is 0 Å². The van der Waals surface area contributed by atoms with Crippen LogP contribution in [0.15, 0.2) is 24.3 Å². The van der Waals surface area contributed by atoms with Crippen LogP contribution in [-0.2, 0) is 9.53 Å². The second kappa shape index (κ2) is 6.55. The van der Waals surface area contributed by atoms with Gasteiger partial charge in [0, 0.05) is 12.5 Å². The molecule has 1 aliphatic carbocycles. The van der Waals surface area contributed by atoms with Gasteiger partial charge in [0.05, 0.1) is 13.2 Å². The number of ether oxygens (including phenoxy) is 2. The van der Waals surface area contributed by atoms with Gasteiger partial charge < -0.3 is 9.47 Å². The molecule has 0 saturated heterocycles. The molecule has 0 amide bonds. The molecule has 1 aromatic carbocycles. The highest BCUT2D eigenvalue weighted by Crippen LogP contribution is 2.37. The first-order valence-electron chi connectivity index (χ1n) is 6.69. The first kappa shape index (κ1) is 13.8. The number of carbonyl (C=O) groups excluding carboxylic acids is 1. The molecular formula is C15H19FO3. The molecule has 104 valence electrons. The van der Waals surface area contributed by atoms with E-state index in [9.17, 15) is 9.18 Å². The highest BCUT2D eigenvalue weighted by molar-refractivity contribution is 5.69.